The van der Waals surface area contributed by atoms with Crippen LogP contribution >= 0.6 is 22.7 Å². The summed E-state index contributed by atoms with van der Waals surface area (Å²) in [5.41, 5.74) is 14.6. The number of nitrogens with zero attached hydrogens (tertiary/aromatic N) is 2. The van der Waals surface area contributed by atoms with Gasteiger partial charge in [0, 0.05) is 96.0 Å². The Balaban J connectivity index is 0.717. The molecule has 0 aliphatic carbocycles. The van der Waals surface area contributed by atoms with Gasteiger partial charge in [-0.15, -0.1) is 22.7 Å². The zero-order valence-corrected chi connectivity index (χ0v) is 42.4. The van der Waals surface area contributed by atoms with Gasteiger partial charge in [-0.2, -0.15) is 0 Å². The Morgan fingerprint density at radius 2 is 0.579 bits per heavy atom. The van der Waals surface area contributed by atoms with Gasteiger partial charge < -0.3 is 18.6 Å². The SMILES string of the molecule is c1ccc(N(c2ccc(-c3ccc4c(c3)oc3ccc5c(ccc6oc7cc(-c8ccc(N(c9ccccc9)c9ccc%10sc%11ccccc%11c%10c9)cc8)ccc7c65)c34)cc2)c2ccc3sc4ccccc4c3c2)cc1. The van der Waals surface area contributed by atoms with E-state index in [1.54, 1.807) is 0 Å². The van der Waals surface area contributed by atoms with Crippen LogP contribution in [0.4, 0.5) is 34.1 Å². The van der Waals surface area contributed by atoms with Crippen LogP contribution in [0.25, 0.3) is 117 Å². The third-order valence-corrected chi connectivity index (χ3v) is 17.6. The summed E-state index contributed by atoms with van der Waals surface area (Å²) in [5, 5.41) is 11.9. The number of hydrogen-bond donors (Lipinski definition) is 0. The molecule has 0 aliphatic heterocycles. The molecule has 0 saturated heterocycles. The molecule has 356 valence electrons. The van der Waals surface area contributed by atoms with Crippen molar-refractivity contribution in [3.63, 3.8) is 0 Å². The molecule has 4 heterocycles. The molecule has 0 aliphatic rings. The van der Waals surface area contributed by atoms with E-state index in [2.05, 4.69) is 265 Å². The largest absolute Gasteiger partial charge is 0.456 e. The van der Waals surface area contributed by atoms with E-state index in [9.17, 15) is 0 Å². The maximum Gasteiger partial charge on any atom is 0.136 e. The fourth-order valence-electron chi connectivity index (χ4n) is 11.7. The summed E-state index contributed by atoms with van der Waals surface area (Å²) >= 11 is 3.69. The number of fused-ring (bicyclic) bond motifs is 15. The van der Waals surface area contributed by atoms with E-state index in [1.807, 2.05) is 22.7 Å². The van der Waals surface area contributed by atoms with Crippen molar-refractivity contribution >= 4 is 152 Å². The molecule has 4 nitrogen and oxygen atoms in total. The molecule has 0 fully saturated rings. The average Bonchev–Trinajstić information content (AvgIpc) is 4.32. The smallest absolute Gasteiger partial charge is 0.136 e. The third kappa shape index (κ3) is 6.89. The van der Waals surface area contributed by atoms with Crippen LogP contribution in [0.15, 0.2) is 264 Å². The summed E-state index contributed by atoms with van der Waals surface area (Å²) < 4.78 is 18.6. The van der Waals surface area contributed by atoms with Gasteiger partial charge >= 0.3 is 0 Å². The molecule has 0 saturated carbocycles. The molecule has 4 aromatic heterocycles. The normalized spacial score (nSPS) is 11.9. The van der Waals surface area contributed by atoms with E-state index in [1.165, 1.54) is 40.3 Å². The highest BCUT2D eigenvalue weighted by Gasteiger charge is 2.20. The lowest BCUT2D eigenvalue weighted by atomic mass is 9.97. The molecule has 6 heteroatoms. The van der Waals surface area contributed by atoms with E-state index in [0.717, 1.165) is 111 Å². The first kappa shape index (κ1) is 43.0. The molecule has 0 amide bonds. The molecule has 76 heavy (non-hydrogen) atoms. The predicted molar refractivity (Wildman–Crippen MR) is 325 cm³/mol. The minimum atomic E-state index is 0.864. The molecule has 12 aromatic carbocycles. The van der Waals surface area contributed by atoms with Crippen molar-refractivity contribution in [3.8, 4) is 22.3 Å². The van der Waals surface area contributed by atoms with Crippen molar-refractivity contribution in [2.24, 2.45) is 0 Å². The molecule has 16 aromatic rings. The predicted octanol–water partition coefficient (Wildman–Crippen LogP) is 21.6. The number of para-hydroxylation sites is 2. The van der Waals surface area contributed by atoms with Gasteiger partial charge in [-0.3, -0.25) is 0 Å². The number of benzene rings is 12. The van der Waals surface area contributed by atoms with Crippen molar-refractivity contribution in [3.05, 3.63) is 255 Å². The lowest BCUT2D eigenvalue weighted by Gasteiger charge is -2.25. The number of hydrogen-bond acceptors (Lipinski definition) is 6. The van der Waals surface area contributed by atoms with E-state index >= 15 is 0 Å². The molecule has 0 bridgehead atoms. The van der Waals surface area contributed by atoms with Crippen molar-refractivity contribution < 1.29 is 8.83 Å². The Hall–Kier alpha value is -9.46. The lowest BCUT2D eigenvalue weighted by molar-refractivity contribution is 0.668. The van der Waals surface area contributed by atoms with Crippen LogP contribution in [0, 0.1) is 0 Å². The maximum absolute atomic E-state index is 6.67. The third-order valence-electron chi connectivity index (χ3n) is 15.2. The first-order valence-corrected chi connectivity index (χ1v) is 27.2. The first-order valence-electron chi connectivity index (χ1n) is 25.6. The summed E-state index contributed by atoms with van der Waals surface area (Å²) in [5.74, 6) is 0. The zero-order valence-electron chi connectivity index (χ0n) is 40.8. The summed E-state index contributed by atoms with van der Waals surface area (Å²) in [6, 6.07) is 92.0. The lowest BCUT2D eigenvalue weighted by Crippen LogP contribution is -2.09. The summed E-state index contributed by atoms with van der Waals surface area (Å²) in [7, 11) is 0. The Bertz CT molecular complexity index is 4620. The summed E-state index contributed by atoms with van der Waals surface area (Å²) in [6.07, 6.45) is 0. The van der Waals surface area contributed by atoms with Gasteiger partial charge in [-0.05, 0) is 179 Å². The highest BCUT2D eigenvalue weighted by atomic mass is 32.1. The second-order valence-corrected chi connectivity index (χ2v) is 21.8. The summed E-state index contributed by atoms with van der Waals surface area (Å²) in [4.78, 5) is 4.69. The van der Waals surface area contributed by atoms with E-state index in [0.29, 0.717) is 0 Å². The second-order valence-electron chi connectivity index (χ2n) is 19.6. The van der Waals surface area contributed by atoms with Crippen LogP contribution < -0.4 is 9.80 Å². The highest BCUT2D eigenvalue weighted by molar-refractivity contribution is 7.26. The van der Waals surface area contributed by atoms with Crippen LogP contribution in [0.5, 0.6) is 0 Å². The number of rotatable bonds is 8. The van der Waals surface area contributed by atoms with E-state index < -0.39 is 0 Å². The molecular formula is C70H42N2O2S2. The molecule has 16 rings (SSSR count). The number of anilines is 6. The van der Waals surface area contributed by atoms with Gasteiger partial charge in [0.1, 0.15) is 22.3 Å². The minimum absolute atomic E-state index is 0.864. The van der Waals surface area contributed by atoms with Crippen molar-refractivity contribution in [1.82, 2.24) is 0 Å². The number of furan rings is 2. The molecule has 0 atom stereocenters. The van der Waals surface area contributed by atoms with Gasteiger partial charge in [0.2, 0.25) is 0 Å². The Morgan fingerprint density at radius 1 is 0.224 bits per heavy atom. The monoisotopic (exact) mass is 1010 g/mol. The van der Waals surface area contributed by atoms with E-state index in [-0.39, 0.29) is 0 Å². The van der Waals surface area contributed by atoms with Crippen LogP contribution in [-0.2, 0) is 0 Å². The second kappa shape index (κ2) is 17.0. The van der Waals surface area contributed by atoms with Crippen LogP contribution in [-0.4, -0.2) is 0 Å². The van der Waals surface area contributed by atoms with Crippen LogP contribution in [0.3, 0.4) is 0 Å². The van der Waals surface area contributed by atoms with Gasteiger partial charge in [-0.1, -0.05) is 109 Å². The maximum atomic E-state index is 6.67. The highest BCUT2D eigenvalue weighted by Crippen LogP contribution is 2.46. The Kier molecular flexibility index (Phi) is 9.64. The van der Waals surface area contributed by atoms with Gasteiger partial charge in [0.15, 0.2) is 0 Å². The Labute approximate surface area is 444 Å². The quantitative estimate of drug-likeness (QED) is 0.152. The van der Waals surface area contributed by atoms with Crippen LogP contribution in [0.1, 0.15) is 0 Å². The van der Waals surface area contributed by atoms with Crippen molar-refractivity contribution in [1.29, 1.82) is 0 Å². The van der Waals surface area contributed by atoms with Gasteiger partial charge in [-0.25, -0.2) is 0 Å². The fraction of sp³-hybridized carbons (Fsp3) is 0. The molecular weight excluding hydrogens is 965 g/mol. The average molecular weight is 1010 g/mol. The summed E-state index contributed by atoms with van der Waals surface area (Å²) in [6.45, 7) is 0. The number of thiophene rings is 2. The zero-order chi connectivity index (χ0) is 49.8. The standard InChI is InChI=1S/C70H42N2O2S2/c1-3-11-47(12-4-1)71(51-29-37-67-59(41-51)53-15-7-9-17-65(53)75-67)49-25-19-43(20-26-49)45-23-31-57-63(39-45)73-61-35-33-56-55(69(57)61)34-36-62-70(56)58-32-24-46(40-64(58)74-62)44-21-27-50(28-22-44)72(48-13-5-2-6-14-48)52-30-38-68-60(42-52)54-16-8-10-18-66(54)76-68/h1-42H. The topological polar surface area (TPSA) is 32.8 Å². The first-order chi connectivity index (χ1) is 37.6. The fourth-order valence-corrected chi connectivity index (χ4v) is 13.8. The minimum Gasteiger partial charge on any atom is -0.456 e. The van der Waals surface area contributed by atoms with Crippen molar-refractivity contribution in [2.75, 3.05) is 9.80 Å². The van der Waals surface area contributed by atoms with Gasteiger partial charge in [0.25, 0.3) is 0 Å². The molecule has 0 unspecified atom stereocenters. The molecule has 0 spiro atoms. The molecule has 0 N–H and O–H groups in total. The van der Waals surface area contributed by atoms with Crippen LogP contribution in [0.2, 0.25) is 0 Å². The Morgan fingerprint density at radius 3 is 1.03 bits per heavy atom. The van der Waals surface area contributed by atoms with Crippen molar-refractivity contribution in [2.45, 2.75) is 0 Å². The van der Waals surface area contributed by atoms with E-state index in [4.69, 9.17) is 8.83 Å². The molecule has 0 radical (unpaired) electrons. The van der Waals surface area contributed by atoms with Gasteiger partial charge in [0.05, 0.1) is 0 Å².